The fourth-order valence-electron chi connectivity index (χ4n) is 11.1. The Morgan fingerprint density at radius 1 is 0.304 bits per heavy atom. The molecule has 0 aromatic heterocycles. The van der Waals surface area contributed by atoms with Gasteiger partial charge in [0.25, 0.3) is 0 Å². The highest BCUT2D eigenvalue weighted by atomic mass is 31.2. The van der Waals surface area contributed by atoms with E-state index in [-0.39, 0.29) is 25.7 Å². The Balaban J connectivity index is 5.25. The summed E-state index contributed by atoms with van der Waals surface area (Å²) in [5, 5.41) is 10.6. The van der Waals surface area contributed by atoms with Crippen LogP contribution in [-0.4, -0.2) is 96.7 Å². The van der Waals surface area contributed by atoms with Crippen LogP contribution in [-0.2, 0) is 65.4 Å². The molecule has 3 N–H and O–H groups in total. The Morgan fingerprint density at radius 3 is 0.772 bits per heavy atom. The second-order valence-electron chi connectivity index (χ2n) is 26.6. The summed E-state index contributed by atoms with van der Waals surface area (Å²) in [6.45, 7) is 7.24. The average molecular weight is 1350 g/mol. The fraction of sp³-hybridized carbons (Fsp3) is 0.945. The summed E-state index contributed by atoms with van der Waals surface area (Å²) in [4.78, 5) is 72.7. The number of carbonyl (C=O) groups is 4. The zero-order valence-corrected chi connectivity index (χ0v) is 61.5. The van der Waals surface area contributed by atoms with Crippen molar-refractivity contribution in [3.8, 4) is 0 Å². The third-order valence-corrected chi connectivity index (χ3v) is 19.3. The normalized spacial score (nSPS) is 14.3. The molecule has 0 aliphatic rings. The van der Waals surface area contributed by atoms with Crippen molar-refractivity contribution < 1.29 is 80.2 Å². The Bertz CT molecular complexity index is 1770. The number of carbonyl (C=O) groups excluding carboxylic acids is 4. The Morgan fingerprint density at radius 2 is 0.522 bits per heavy atom. The minimum Gasteiger partial charge on any atom is -0.462 e. The number of unbranched alkanes of at least 4 members (excludes halogenated alkanes) is 44. The molecule has 0 aliphatic carbocycles. The number of rotatable bonds is 73. The van der Waals surface area contributed by atoms with Crippen molar-refractivity contribution in [1.29, 1.82) is 0 Å². The van der Waals surface area contributed by atoms with E-state index in [1.165, 1.54) is 199 Å². The van der Waals surface area contributed by atoms with Gasteiger partial charge in [-0.3, -0.25) is 37.3 Å². The lowest BCUT2D eigenvalue weighted by atomic mass is 10.00. The van der Waals surface area contributed by atoms with Crippen LogP contribution in [0, 0.1) is 5.92 Å². The molecule has 0 amide bonds. The van der Waals surface area contributed by atoms with Gasteiger partial charge in [-0.25, -0.2) is 9.13 Å². The van der Waals surface area contributed by atoms with E-state index in [0.717, 1.165) is 102 Å². The molecule has 0 fully saturated rings. The largest absolute Gasteiger partial charge is 0.472 e. The molecule has 0 heterocycles. The highest BCUT2D eigenvalue weighted by Gasteiger charge is 2.30. The van der Waals surface area contributed by atoms with Crippen LogP contribution in [0.3, 0.4) is 0 Å². The smallest absolute Gasteiger partial charge is 0.462 e. The van der Waals surface area contributed by atoms with Crippen molar-refractivity contribution in [2.24, 2.45) is 5.92 Å². The monoisotopic (exact) mass is 1350 g/mol. The number of phosphoric ester groups is 2. The summed E-state index contributed by atoms with van der Waals surface area (Å²) >= 11 is 0. The van der Waals surface area contributed by atoms with Gasteiger partial charge in [-0.2, -0.15) is 0 Å². The fourth-order valence-corrected chi connectivity index (χ4v) is 12.7. The van der Waals surface area contributed by atoms with Gasteiger partial charge < -0.3 is 33.8 Å². The standard InChI is InChI=1S/C73H142O17P2/c1-6-10-13-16-19-22-25-28-30-32-35-37-40-46-51-56-70(75)83-62-68(89-73(78)59-54-49-42-39-36-33-31-29-26-23-20-17-14-11-7-2)64-87-91(79,80)85-60-67(74)61-86-92(81,82)88-65-69(63-84-71(76)57-52-47-44-43-45-50-55-66(5)9-4)90-72(77)58-53-48-41-38-34-27-24-21-18-15-12-8-3/h66-69,74H,6-65H2,1-5H3,(H,79,80)(H,81,82)/t66?,67-,68-,69-/m1/s1. The average Bonchev–Trinajstić information content (AvgIpc) is 3.35. The first-order chi connectivity index (χ1) is 44.6. The summed E-state index contributed by atoms with van der Waals surface area (Å²) in [5.41, 5.74) is 0. The van der Waals surface area contributed by atoms with Gasteiger partial charge in [-0.15, -0.1) is 0 Å². The van der Waals surface area contributed by atoms with Crippen LogP contribution in [0.15, 0.2) is 0 Å². The van der Waals surface area contributed by atoms with Crippen molar-refractivity contribution in [3.05, 3.63) is 0 Å². The van der Waals surface area contributed by atoms with Crippen LogP contribution < -0.4 is 0 Å². The molecule has 92 heavy (non-hydrogen) atoms. The lowest BCUT2D eigenvalue weighted by Crippen LogP contribution is -2.30. The summed E-state index contributed by atoms with van der Waals surface area (Å²) in [5.74, 6) is -1.38. The highest BCUT2D eigenvalue weighted by molar-refractivity contribution is 7.47. The topological polar surface area (TPSA) is 237 Å². The van der Waals surface area contributed by atoms with Crippen LogP contribution in [0.4, 0.5) is 0 Å². The van der Waals surface area contributed by atoms with Gasteiger partial charge in [0.15, 0.2) is 12.2 Å². The molecule has 546 valence electrons. The molecule has 0 aromatic carbocycles. The van der Waals surface area contributed by atoms with Gasteiger partial charge >= 0.3 is 39.5 Å². The van der Waals surface area contributed by atoms with Crippen LogP contribution in [0.2, 0.25) is 0 Å². The molecule has 0 saturated carbocycles. The molecule has 19 heteroatoms. The van der Waals surface area contributed by atoms with E-state index in [2.05, 4.69) is 34.6 Å². The molecule has 17 nitrogen and oxygen atoms in total. The lowest BCUT2D eigenvalue weighted by molar-refractivity contribution is -0.161. The predicted octanol–water partition coefficient (Wildman–Crippen LogP) is 21.3. The maximum absolute atomic E-state index is 13.1. The second-order valence-corrected chi connectivity index (χ2v) is 29.5. The molecule has 0 bridgehead atoms. The van der Waals surface area contributed by atoms with E-state index in [4.69, 9.17) is 37.0 Å². The third kappa shape index (κ3) is 65.4. The van der Waals surface area contributed by atoms with Gasteiger partial charge in [0.05, 0.1) is 26.4 Å². The molecule has 0 radical (unpaired) electrons. The van der Waals surface area contributed by atoms with E-state index in [0.29, 0.717) is 25.7 Å². The van der Waals surface area contributed by atoms with E-state index in [9.17, 15) is 43.2 Å². The van der Waals surface area contributed by atoms with E-state index < -0.39 is 97.5 Å². The maximum atomic E-state index is 13.1. The molecule has 0 aromatic rings. The molecule has 6 atom stereocenters. The summed E-state index contributed by atoms with van der Waals surface area (Å²) < 4.78 is 68.4. The van der Waals surface area contributed by atoms with Crippen molar-refractivity contribution >= 4 is 39.5 Å². The van der Waals surface area contributed by atoms with Crippen molar-refractivity contribution in [2.75, 3.05) is 39.6 Å². The van der Waals surface area contributed by atoms with Gasteiger partial charge in [0.2, 0.25) is 0 Å². The molecule has 0 rings (SSSR count). The van der Waals surface area contributed by atoms with Gasteiger partial charge in [0.1, 0.15) is 19.3 Å². The molecular weight excluding hydrogens is 1210 g/mol. The van der Waals surface area contributed by atoms with Gasteiger partial charge in [-0.05, 0) is 31.6 Å². The summed E-state index contributed by atoms with van der Waals surface area (Å²) in [7, 11) is -9.90. The van der Waals surface area contributed by atoms with Crippen molar-refractivity contribution in [2.45, 2.75) is 400 Å². The first kappa shape index (κ1) is 90.1. The van der Waals surface area contributed by atoms with Gasteiger partial charge in [-0.1, -0.05) is 330 Å². The number of ether oxygens (including phenoxy) is 4. The lowest BCUT2D eigenvalue weighted by Gasteiger charge is -2.21. The van der Waals surface area contributed by atoms with Crippen LogP contribution in [0.25, 0.3) is 0 Å². The number of aliphatic hydroxyl groups is 1. The Kier molecular flexibility index (Phi) is 64.9. The van der Waals surface area contributed by atoms with Gasteiger partial charge in [0, 0.05) is 25.7 Å². The van der Waals surface area contributed by atoms with E-state index in [1.807, 2.05) is 0 Å². The molecule has 3 unspecified atom stereocenters. The Hall–Kier alpha value is -1.94. The first-order valence-corrected chi connectivity index (χ1v) is 41.2. The molecule has 0 aliphatic heterocycles. The van der Waals surface area contributed by atoms with Crippen molar-refractivity contribution in [3.63, 3.8) is 0 Å². The number of hydrogen-bond donors (Lipinski definition) is 3. The van der Waals surface area contributed by atoms with E-state index in [1.54, 1.807) is 0 Å². The molecule has 0 saturated heterocycles. The predicted molar refractivity (Wildman–Crippen MR) is 372 cm³/mol. The SMILES string of the molecule is CCCCCCCCCCCCCCCCCC(=O)OC[C@H](COP(=O)(O)OC[C@@H](O)COP(=O)(O)OC[C@@H](COC(=O)CCCCCCCCC(C)CC)OC(=O)CCCCCCCCCCCCCC)OC(=O)CCCCCCCCCCCCCCCCC. The van der Waals surface area contributed by atoms with Crippen LogP contribution in [0.5, 0.6) is 0 Å². The number of aliphatic hydroxyl groups excluding tert-OH is 1. The second kappa shape index (κ2) is 66.3. The minimum absolute atomic E-state index is 0.107. The van der Waals surface area contributed by atoms with Crippen molar-refractivity contribution in [1.82, 2.24) is 0 Å². The molecular formula is C73H142O17P2. The third-order valence-electron chi connectivity index (χ3n) is 17.4. The maximum Gasteiger partial charge on any atom is 0.472 e. The number of esters is 4. The molecule has 0 spiro atoms. The number of hydrogen-bond acceptors (Lipinski definition) is 15. The number of phosphoric acid groups is 2. The zero-order chi connectivity index (χ0) is 67.7. The first-order valence-electron chi connectivity index (χ1n) is 38.2. The Labute approximate surface area is 562 Å². The highest BCUT2D eigenvalue weighted by Crippen LogP contribution is 2.45. The quantitative estimate of drug-likeness (QED) is 0.0222. The van der Waals surface area contributed by atoms with E-state index >= 15 is 0 Å². The minimum atomic E-state index is -4.95. The van der Waals surface area contributed by atoms with Crippen LogP contribution >= 0.6 is 15.6 Å². The van der Waals surface area contributed by atoms with Crippen LogP contribution in [0.1, 0.15) is 381 Å². The summed E-state index contributed by atoms with van der Waals surface area (Å²) in [6, 6.07) is 0. The summed E-state index contributed by atoms with van der Waals surface area (Å²) in [6.07, 6.45) is 54.0. The zero-order valence-electron chi connectivity index (χ0n) is 59.7.